The molecular weight excluding hydrogens is 404 g/mol. The minimum atomic E-state index is -0.784. The van der Waals surface area contributed by atoms with Gasteiger partial charge < -0.3 is 0 Å². The van der Waals surface area contributed by atoms with Gasteiger partial charge in [-0.05, 0) is 6.42 Å². The minimum Gasteiger partial charge on any atom is -0.126 e. The maximum Gasteiger partial charge on any atom is 0.115 e. The van der Waals surface area contributed by atoms with E-state index in [-0.39, 0.29) is 17.2 Å². The zero-order chi connectivity index (χ0) is 13.9. The largest absolute Gasteiger partial charge is 0.126 e. The molecule has 0 N–H and O–H groups in total. The molecule has 0 amide bonds. The van der Waals surface area contributed by atoms with E-state index in [9.17, 15) is 0 Å². The van der Waals surface area contributed by atoms with Gasteiger partial charge in [-0.15, -0.1) is 92.8 Å². The second kappa shape index (κ2) is 5.51. The Morgan fingerprint density at radius 2 is 1.56 bits per heavy atom. The van der Waals surface area contributed by atoms with Crippen molar-refractivity contribution in [3.05, 3.63) is 0 Å². The van der Waals surface area contributed by atoms with Crippen LogP contribution in [0.4, 0.5) is 0 Å². The highest BCUT2D eigenvalue weighted by Crippen LogP contribution is 2.75. The molecule has 18 heavy (non-hydrogen) atoms. The third kappa shape index (κ3) is 1.80. The average Bonchev–Trinajstić information content (AvgIpc) is 2.66. The Bertz CT molecular complexity index is 326. The van der Waals surface area contributed by atoms with Crippen molar-refractivity contribution in [2.75, 3.05) is 5.88 Å². The van der Waals surface area contributed by atoms with E-state index in [1.807, 2.05) is 0 Å². The number of rotatable bonds is 3. The highest BCUT2D eigenvalue weighted by molar-refractivity contribution is 6.48. The summed E-state index contributed by atoms with van der Waals surface area (Å²) in [6.07, 6.45) is 0.511. The van der Waals surface area contributed by atoms with E-state index in [4.69, 9.17) is 92.8 Å². The maximum absolute atomic E-state index is 6.45. The summed E-state index contributed by atoms with van der Waals surface area (Å²) in [5.41, 5.74) is -1.53. The fourth-order valence-corrected chi connectivity index (χ4v) is 8.11. The Morgan fingerprint density at radius 3 is 1.89 bits per heavy atom. The first-order valence-electron chi connectivity index (χ1n) is 5.31. The van der Waals surface area contributed by atoms with Gasteiger partial charge in [-0.2, -0.15) is 0 Å². The topological polar surface area (TPSA) is 0 Å². The van der Waals surface area contributed by atoms with Crippen molar-refractivity contribution in [2.24, 2.45) is 16.7 Å². The SMILES string of the molecule is ClCC1(C(Cl)Cl)[C@H]2[C@H](Cl)[C@@H](Cl)C1(C(Cl)Cl)C[C@H]2Cl. The van der Waals surface area contributed by atoms with Crippen LogP contribution in [0.25, 0.3) is 0 Å². The predicted molar refractivity (Wildman–Crippen MR) is 83.6 cm³/mol. The molecule has 2 bridgehead atoms. The van der Waals surface area contributed by atoms with E-state index in [1.54, 1.807) is 0 Å². The van der Waals surface area contributed by atoms with Crippen LogP contribution in [0.1, 0.15) is 6.42 Å². The molecule has 2 aliphatic rings. The van der Waals surface area contributed by atoms with Crippen LogP contribution in [0.5, 0.6) is 0 Å². The molecule has 0 radical (unpaired) electrons. The third-order valence-electron chi connectivity index (χ3n) is 4.50. The van der Waals surface area contributed by atoms with Gasteiger partial charge in [-0.25, -0.2) is 0 Å². The van der Waals surface area contributed by atoms with Gasteiger partial charge in [-0.3, -0.25) is 0 Å². The predicted octanol–water partition coefficient (Wildman–Crippen LogP) is 5.66. The Kier molecular flexibility index (Phi) is 5.10. The summed E-state index contributed by atoms with van der Waals surface area (Å²) < 4.78 is 0. The quantitative estimate of drug-likeness (QED) is 0.524. The first-order chi connectivity index (χ1) is 8.27. The van der Waals surface area contributed by atoms with Crippen molar-refractivity contribution >= 4 is 92.8 Å². The molecule has 106 valence electrons. The Morgan fingerprint density at radius 1 is 1.00 bits per heavy atom. The van der Waals surface area contributed by atoms with Gasteiger partial charge in [0.05, 0.1) is 10.8 Å². The number of hydrogen-bond donors (Lipinski definition) is 0. The summed E-state index contributed by atoms with van der Waals surface area (Å²) in [6.45, 7) is 0. The van der Waals surface area contributed by atoms with Gasteiger partial charge >= 0.3 is 0 Å². The van der Waals surface area contributed by atoms with Crippen molar-refractivity contribution < 1.29 is 0 Å². The van der Waals surface area contributed by atoms with Gasteiger partial charge in [0.15, 0.2) is 0 Å². The van der Waals surface area contributed by atoms with E-state index >= 15 is 0 Å². The van der Waals surface area contributed by atoms with Crippen LogP contribution in [-0.2, 0) is 0 Å². The standard InChI is InChI=1S/C10H10Cl8/c11-2-10(8(17)18)4-3(12)1-9(10,7(15)16)6(14)5(4)13/h3-8H,1-2H2/t3-,4-,5+,6-,9?,10?/m1/s1. The molecule has 2 unspecified atom stereocenters. The lowest BCUT2D eigenvalue weighted by atomic mass is 9.70. The molecule has 2 fully saturated rings. The van der Waals surface area contributed by atoms with E-state index in [0.29, 0.717) is 6.42 Å². The summed E-state index contributed by atoms with van der Waals surface area (Å²) in [6, 6.07) is 0. The lowest BCUT2D eigenvalue weighted by Crippen LogP contribution is -2.50. The number of alkyl halides is 8. The van der Waals surface area contributed by atoms with E-state index < -0.39 is 31.3 Å². The molecule has 8 heteroatoms. The first-order valence-corrected chi connectivity index (χ1v) is 8.90. The fourth-order valence-electron chi connectivity index (χ4n) is 3.62. The zero-order valence-corrected chi connectivity index (χ0v) is 14.9. The second-order valence-corrected chi connectivity index (χ2v) is 8.90. The number of halogens is 8. The molecule has 0 aromatic heterocycles. The normalized spacial score (nSPS) is 51.7. The monoisotopic (exact) mass is 410 g/mol. The van der Waals surface area contributed by atoms with E-state index in [0.717, 1.165) is 0 Å². The molecule has 0 heterocycles. The fraction of sp³-hybridized carbons (Fsp3) is 1.00. The minimum absolute atomic E-state index is 0.168. The highest BCUT2D eigenvalue weighted by Gasteiger charge is 2.78. The third-order valence-corrected chi connectivity index (χ3v) is 8.24. The molecule has 0 spiro atoms. The molecule has 2 saturated carbocycles. The average molecular weight is 414 g/mol. The van der Waals surface area contributed by atoms with Crippen LogP contribution in [0.3, 0.4) is 0 Å². The second-order valence-electron chi connectivity index (χ2n) is 4.91. The van der Waals surface area contributed by atoms with Crippen molar-refractivity contribution in [1.82, 2.24) is 0 Å². The Balaban J connectivity index is 2.64. The van der Waals surface area contributed by atoms with Crippen molar-refractivity contribution in [3.63, 3.8) is 0 Å². The van der Waals surface area contributed by atoms with Gasteiger partial charge in [0.25, 0.3) is 0 Å². The first kappa shape index (κ1) is 16.7. The van der Waals surface area contributed by atoms with Crippen LogP contribution in [-0.4, -0.2) is 31.7 Å². The van der Waals surface area contributed by atoms with Gasteiger partial charge in [0.2, 0.25) is 0 Å². The molecule has 0 saturated heterocycles. The maximum atomic E-state index is 6.45. The van der Waals surface area contributed by atoms with Crippen molar-refractivity contribution in [1.29, 1.82) is 0 Å². The molecular formula is C10H10Cl8. The Hall–Kier alpha value is 2.32. The van der Waals surface area contributed by atoms with Crippen LogP contribution in [0.2, 0.25) is 0 Å². The summed E-state index contributed by atoms with van der Waals surface area (Å²) in [5, 5.41) is -1.10. The Labute approximate surface area is 146 Å². The van der Waals surface area contributed by atoms with Gasteiger partial charge in [0.1, 0.15) is 9.67 Å². The van der Waals surface area contributed by atoms with Gasteiger partial charge in [-0.1, -0.05) is 0 Å². The summed E-state index contributed by atoms with van der Waals surface area (Å²) in [7, 11) is 0. The summed E-state index contributed by atoms with van der Waals surface area (Å²) in [4.78, 5) is -1.57. The molecule has 2 rings (SSSR count). The molecule has 6 atom stereocenters. The lowest BCUT2D eigenvalue weighted by Gasteiger charge is -2.45. The van der Waals surface area contributed by atoms with E-state index in [1.165, 1.54) is 0 Å². The highest BCUT2D eigenvalue weighted by atomic mass is 35.5. The smallest absolute Gasteiger partial charge is 0.115 e. The van der Waals surface area contributed by atoms with Gasteiger partial charge in [0, 0.05) is 28.0 Å². The summed E-state index contributed by atoms with van der Waals surface area (Å²) >= 11 is 50.1. The zero-order valence-electron chi connectivity index (χ0n) is 8.90. The number of fused-ring (bicyclic) bond motifs is 2. The number of hydrogen-bond acceptors (Lipinski definition) is 0. The lowest BCUT2D eigenvalue weighted by molar-refractivity contribution is 0.144. The van der Waals surface area contributed by atoms with Crippen LogP contribution in [0.15, 0.2) is 0 Å². The van der Waals surface area contributed by atoms with Crippen molar-refractivity contribution in [2.45, 2.75) is 32.2 Å². The van der Waals surface area contributed by atoms with Crippen LogP contribution < -0.4 is 0 Å². The van der Waals surface area contributed by atoms with Crippen LogP contribution in [0, 0.1) is 16.7 Å². The molecule has 0 aromatic rings. The summed E-state index contributed by atoms with van der Waals surface area (Å²) in [5.74, 6) is -0.0400. The molecule has 0 aliphatic heterocycles. The molecule has 0 aromatic carbocycles. The molecule has 0 nitrogen and oxygen atoms in total. The molecule has 2 aliphatic carbocycles. The van der Waals surface area contributed by atoms with E-state index in [2.05, 4.69) is 0 Å². The van der Waals surface area contributed by atoms with Crippen molar-refractivity contribution in [3.8, 4) is 0 Å². The van der Waals surface area contributed by atoms with Crippen LogP contribution >= 0.6 is 92.8 Å².